The van der Waals surface area contributed by atoms with Gasteiger partial charge >= 0.3 is 0 Å². The minimum Gasteiger partial charge on any atom is -0.511 e. The lowest BCUT2D eigenvalue weighted by molar-refractivity contribution is -0.144. The number of phenols is 1. The molecule has 1 aromatic rings. The molecule has 0 saturated heterocycles. The van der Waals surface area contributed by atoms with Crippen LogP contribution in [0, 0.1) is 11.8 Å². The molecule has 0 aliphatic heterocycles. The maximum Gasteiger partial charge on any atom is 0.234 e. The molecule has 3 aliphatic carbocycles. The smallest absolute Gasteiger partial charge is 0.234 e. The minimum absolute atomic E-state index is 0.0531. The molecule has 1 aromatic carbocycles. The van der Waals surface area contributed by atoms with E-state index in [4.69, 9.17) is 0 Å². The van der Waals surface area contributed by atoms with Crippen LogP contribution in [-0.4, -0.2) is 76.5 Å². The van der Waals surface area contributed by atoms with E-state index in [1.807, 2.05) is 6.92 Å². The first kappa shape index (κ1) is 27.3. The summed E-state index contributed by atoms with van der Waals surface area (Å²) >= 11 is 0. The van der Waals surface area contributed by atoms with Crippen molar-refractivity contribution in [3.05, 3.63) is 45.4 Å². The average molecular weight is 528 g/mol. The number of phenolic OH excluding ortho intramolecular Hbond substituents is 1. The summed E-state index contributed by atoms with van der Waals surface area (Å²) in [4.78, 5) is 52.9. The number of benzene rings is 1. The van der Waals surface area contributed by atoms with E-state index in [0.717, 1.165) is 6.92 Å². The quantitative estimate of drug-likeness (QED) is 0.280. The van der Waals surface area contributed by atoms with Crippen molar-refractivity contribution in [1.82, 2.24) is 10.6 Å². The fraction of sp³-hybridized carbons (Fsp3) is 0.481. The molecule has 0 spiro atoms. The van der Waals surface area contributed by atoms with E-state index in [1.165, 1.54) is 0 Å². The highest BCUT2D eigenvalue weighted by Gasteiger charge is 2.59. The van der Waals surface area contributed by atoms with Gasteiger partial charge in [-0.25, -0.2) is 0 Å². The predicted octanol–water partition coefficient (Wildman–Crippen LogP) is 0.976. The molecule has 0 unspecified atom stereocenters. The molecule has 3 aliphatic rings. The van der Waals surface area contributed by atoms with Crippen LogP contribution in [0.2, 0.25) is 0 Å². The van der Waals surface area contributed by atoms with Gasteiger partial charge in [-0.1, -0.05) is 6.92 Å². The Kier molecular flexibility index (Phi) is 7.11. The second-order valence-electron chi connectivity index (χ2n) is 10.3. The third-order valence-corrected chi connectivity index (χ3v) is 7.72. The molecule has 0 radical (unpaired) electrons. The second-order valence-corrected chi connectivity index (χ2v) is 10.3. The Hall–Kier alpha value is -3.70. The fourth-order valence-corrected chi connectivity index (χ4v) is 5.86. The Morgan fingerprint density at radius 3 is 2.45 bits per heavy atom. The molecule has 3 atom stereocenters. The van der Waals surface area contributed by atoms with Gasteiger partial charge in [0.15, 0.2) is 17.2 Å². The number of anilines is 1. The zero-order chi connectivity index (χ0) is 28.1. The summed E-state index contributed by atoms with van der Waals surface area (Å²) in [6.45, 7) is 3.58. The highest BCUT2D eigenvalue weighted by molar-refractivity contribution is 6.25. The van der Waals surface area contributed by atoms with Crippen molar-refractivity contribution in [2.75, 3.05) is 32.1 Å². The van der Waals surface area contributed by atoms with Crippen LogP contribution in [0.25, 0.3) is 0 Å². The summed E-state index contributed by atoms with van der Waals surface area (Å²) in [7, 11) is 3.55. The molecule has 6 N–H and O–H groups in total. The van der Waals surface area contributed by atoms with Gasteiger partial charge in [0, 0.05) is 49.8 Å². The number of likely N-dealkylation sites (N-methyl/N-ethyl adjacent to an activating group) is 1. The highest BCUT2D eigenvalue weighted by atomic mass is 16.3. The zero-order valence-corrected chi connectivity index (χ0v) is 21.8. The SMILES string of the molecule is CCNCC(=O)NCc1cc(N(C)C)c2c(c1O)C(=O)C1=C(O)[C@]3(O)C(=O)C(C(C)=O)=C(O)C[C@@H]3C[C@@H]1C2. The number of nitrogens with zero attached hydrogens (tertiary/aromatic N) is 1. The van der Waals surface area contributed by atoms with Crippen LogP contribution in [0.3, 0.4) is 0 Å². The normalized spacial score (nSPS) is 24.6. The number of aliphatic hydroxyl groups excluding tert-OH is 2. The average Bonchev–Trinajstić information content (AvgIpc) is 2.83. The van der Waals surface area contributed by atoms with Gasteiger partial charge in [-0.3, -0.25) is 19.2 Å². The first-order chi connectivity index (χ1) is 17.8. The number of Topliss-reactive ketones (excluding diaryl/α,β-unsaturated/α-hetero) is 3. The van der Waals surface area contributed by atoms with E-state index in [9.17, 15) is 39.6 Å². The van der Waals surface area contributed by atoms with Crippen molar-refractivity contribution in [3.63, 3.8) is 0 Å². The van der Waals surface area contributed by atoms with Crippen molar-refractivity contribution < 1.29 is 39.6 Å². The number of nitrogens with one attached hydrogen (secondary N) is 2. The second kappa shape index (κ2) is 9.88. The number of hydrogen-bond donors (Lipinski definition) is 6. The van der Waals surface area contributed by atoms with Gasteiger partial charge in [-0.05, 0) is 43.9 Å². The standard InChI is InChI=1S/C27H33N3O8/c1-5-28-11-19(33)29-10-14-8-17(30(3)4)16-7-13-6-15-9-18(32)20(12(2)31)25(36)27(15,38)26(37)21(13)24(35)22(16)23(14)34/h8,13,15,28,32,34,37-38H,5-7,9-11H2,1-4H3,(H,29,33)/t13-,15+,27-/m1/s1. The fourth-order valence-electron chi connectivity index (χ4n) is 5.86. The molecule has 0 fully saturated rings. The number of allylic oxidation sites excluding steroid dienone is 2. The van der Waals surface area contributed by atoms with E-state index < -0.39 is 51.9 Å². The zero-order valence-electron chi connectivity index (χ0n) is 21.8. The molecule has 0 saturated carbocycles. The van der Waals surface area contributed by atoms with Crippen molar-refractivity contribution in [1.29, 1.82) is 0 Å². The summed E-state index contributed by atoms with van der Waals surface area (Å²) in [6.07, 6.45) is 0.112. The predicted molar refractivity (Wildman–Crippen MR) is 137 cm³/mol. The lowest BCUT2D eigenvalue weighted by Gasteiger charge is -2.46. The molecule has 0 heterocycles. The monoisotopic (exact) mass is 527 g/mol. The first-order valence-corrected chi connectivity index (χ1v) is 12.5. The van der Waals surface area contributed by atoms with Gasteiger partial charge in [0.25, 0.3) is 0 Å². The Morgan fingerprint density at radius 2 is 1.84 bits per heavy atom. The minimum atomic E-state index is -2.54. The van der Waals surface area contributed by atoms with Gasteiger partial charge in [0.1, 0.15) is 22.8 Å². The lowest BCUT2D eigenvalue weighted by atomic mass is 9.60. The van der Waals surface area contributed by atoms with Crippen LogP contribution in [0.4, 0.5) is 5.69 Å². The van der Waals surface area contributed by atoms with Crippen molar-refractivity contribution in [2.24, 2.45) is 11.8 Å². The Labute approximate surface area is 219 Å². The van der Waals surface area contributed by atoms with Gasteiger partial charge in [0.2, 0.25) is 11.7 Å². The van der Waals surface area contributed by atoms with Crippen LogP contribution in [0.1, 0.15) is 48.2 Å². The van der Waals surface area contributed by atoms with E-state index in [1.54, 1.807) is 25.1 Å². The molecule has 1 amide bonds. The van der Waals surface area contributed by atoms with Crippen LogP contribution in [0.15, 0.2) is 28.7 Å². The molecule has 0 aromatic heterocycles. The largest absolute Gasteiger partial charge is 0.511 e. The Bertz CT molecular complexity index is 1310. The maximum absolute atomic E-state index is 13.8. The van der Waals surface area contributed by atoms with E-state index >= 15 is 0 Å². The highest BCUT2D eigenvalue weighted by Crippen LogP contribution is 2.52. The van der Waals surface area contributed by atoms with Gasteiger partial charge in [-0.15, -0.1) is 0 Å². The number of carbonyl (C=O) groups excluding carboxylic acids is 4. The summed E-state index contributed by atoms with van der Waals surface area (Å²) in [5.74, 6) is -6.11. The molecule has 38 heavy (non-hydrogen) atoms. The van der Waals surface area contributed by atoms with E-state index in [2.05, 4.69) is 10.6 Å². The number of rotatable bonds is 7. The van der Waals surface area contributed by atoms with E-state index in [-0.39, 0.29) is 60.7 Å². The number of aromatic hydroxyl groups is 1. The maximum atomic E-state index is 13.8. The van der Waals surface area contributed by atoms with E-state index in [0.29, 0.717) is 17.8 Å². The number of carbonyl (C=O) groups is 4. The number of fused-ring (bicyclic) bond motifs is 3. The molecule has 4 rings (SSSR count). The molecular formula is C27H33N3O8. The summed E-state index contributed by atoms with van der Waals surface area (Å²) < 4.78 is 0. The van der Waals surface area contributed by atoms with Crippen LogP contribution in [-0.2, 0) is 27.3 Å². The Balaban J connectivity index is 1.81. The first-order valence-electron chi connectivity index (χ1n) is 12.5. The van der Waals surface area contributed by atoms with Crippen LogP contribution in [0.5, 0.6) is 5.75 Å². The molecule has 11 nitrogen and oxygen atoms in total. The summed E-state index contributed by atoms with van der Waals surface area (Å²) in [5, 5.41) is 49.8. The van der Waals surface area contributed by atoms with Crippen molar-refractivity contribution in [2.45, 2.75) is 45.3 Å². The summed E-state index contributed by atoms with van der Waals surface area (Å²) in [6, 6.07) is 1.69. The van der Waals surface area contributed by atoms with Crippen LogP contribution >= 0.6 is 0 Å². The van der Waals surface area contributed by atoms with Crippen molar-refractivity contribution >= 4 is 28.9 Å². The number of ketones is 3. The molecule has 0 bridgehead atoms. The lowest BCUT2D eigenvalue weighted by Crippen LogP contribution is -2.56. The van der Waals surface area contributed by atoms with Gasteiger partial charge < -0.3 is 36.0 Å². The van der Waals surface area contributed by atoms with Gasteiger partial charge in [-0.2, -0.15) is 0 Å². The number of hydrogen-bond acceptors (Lipinski definition) is 10. The molecule has 11 heteroatoms. The van der Waals surface area contributed by atoms with Gasteiger partial charge in [0.05, 0.1) is 12.1 Å². The topological polar surface area (TPSA) is 176 Å². The third-order valence-electron chi connectivity index (χ3n) is 7.72. The number of amides is 1. The number of aliphatic hydroxyl groups is 3. The molecular weight excluding hydrogens is 494 g/mol. The third kappa shape index (κ3) is 4.15. The molecule has 204 valence electrons. The van der Waals surface area contributed by atoms with Crippen molar-refractivity contribution in [3.8, 4) is 5.75 Å². The Morgan fingerprint density at radius 1 is 1.16 bits per heavy atom. The van der Waals surface area contributed by atoms with Crippen LogP contribution < -0.4 is 15.5 Å². The summed E-state index contributed by atoms with van der Waals surface area (Å²) in [5.41, 5.74) is -1.92.